The summed E-state index contributed by atoms with van der Waals surface area (Å²) in [4.78, 5) is 26.6. The lowest BCUT2D eigenvalue weighted by Crippen LogP contribution is -2.42. The van der Waals surface area contributed by atoms with Crippen LogP contribution in [0.5, 0.6) is 0 Å². The van der Waals surface area contributed by atoms with Crippen LogP contribution in [0.2, 0.25) is 0 Å². The van der Waals surface area contributed by atoms with Gasteiger partial charge in [-0.3, -0.25) is 4.79 Å². The van der Waals surface area contributed by atoms with Crippen molar-refractivity contribution < 1.29 is 14.1 Å². The van der Waals surface area contributed by atoms with Gasteiger partial charge in [-0.2, -0.15) is 0 Å². The maximum atomic E-state index is 12.6. The van der Waals surface area contributed by atoms with Crippen molar-refractivity contribution >= 4 is 11.9 Å². The first-order valence-corrected chi connectivity index (χ1v) is 10.2. The number of carbonyl (C=O) groups excluding carboxylic acids is 2. The van der Waals surface area contributed by atoms with E-state index >= 15 is 0 Å². The Labute approximate surface area is 179 Å². The molecule has 0 saturated carbocycles. The third-order valence-corrected chi connectivity index (χ3v) is 5.29. The first kappa shape index (κ1) is 20.6. The van der Waals surface area contributed by atoms with Gasteiger partial charge in [0.1, 0.15) is 0 Å². The number of nitrogens with zero attached hydrogens (tertiary/aromatic N) is 5. The third kappa shape index (κ3) is 4.14. The Morgan fingerprint density at radius 1 is 1.23 bits per heavy atom. The molecular formula is C21H25N7O3. The van der Waals surface area contributed by atoms with Crippen molar-refractivity contribution in [2.45, 2.75) is 40.3 Å². The van der Waals surface area contributed by atoms with Gasteiger partial charge < -0.3 is 20.1 Å². The molecule has 0 fully saturated rings. The van der Waals surface area contributed by atoms with Crippen LogP contribution in [0.3, 0.4) is 0 Å². The van der Waals surface area contributed by atoms with Crippen LogP contribution in [0.4, 0.5) is 4.79 Å². The molecule has 0 atom stereocenters. The molecule has 3 amide bonds. The second kappa shape index (κ2) is 8.58. The fourth-order valence-corrected chi connectivity index (χ4v) is 3.74. The normalized spacial score (nSPS) is 13.1. The molecule has 1 aliphatic rings. The molecule has 0 saturated heterocycles. The Kier molecular flexibility index (Phi) is 5.70. The van der Waals surface area contributed by atoms with Gasteiger partial charge in [0.25, 0.3) is 5.91 Å². The summed E-state index contributed by atoms with van der Waals surface area (Å²) in [5, 5.41) is 17.8. The zero-order valence-corrected chi connectivity index (χ0v) is 17.8. The molecule has 2 N–H and O–H groups in total. The van der Waals surface area contributed by atoms with Crippen LogP contribution in [0, 0.1) is 13.8 Å². The topological polar surface area (TPSA) is 118 Å². The molecule has 0 aliphatic carbocycles. The molecular weight excluding hydrogens is 398 g/mol. The van der Waals surface area contributed by atoms with E-state index in [1.807, 2.05) is 39.0 Å². The molecule has 0 spiro atoms. The Morgan fingerprint density at radius 2 is 2.06 bits per heavy atom. The van der Waals surface area contributed by atoms with Crippen molar-refractivity contribution in [3.63, 3.8) is 0 Å². The number of fused-ring (bicyclic) bond motifs is 1. The minimum absolute atomic E-state index is 0.0589. The maximum absolute atomic E-state index is 12.6. The van der Waals surface area contributed by atoms with Crippen molar-refractivity contribution in [2.75, 3.05) is 13.1 Å². The summed E-state index contributed by atoms with van der Waals surface area (Å²) < 4.78 is 6.81. The van der Waals surface area contributed by atoms with E-state index in [-0.39, 0.29) is 24.2 Å². The van der Waals surface area contributed by atoms with E-state index < -0.39 is 0 Å². The summed E-state index contributed by atoms with van der Waals surface area (Å²) in [7, 11) is 0. The van der Waals surface area contributed by atoms with E-state index in [0.29, 0.717) is 37.5 Å². The molecule has 3 aromatic rings. The summed E-state index contributed by atoms with van der Waals surface area (Å²) in [6, 6.07) is 7.62. The van der Waals surface area contributed by atoms with Crippen LogP contribution >= 0.6 is 0 Å². The third-order valence-electron chi connectivity index (χ3n) is 5.29. The van der Waals surface area contributed by atoms with E-state index in [9.17, 15) is 9.59 Å². The standard InChI is InChI=1S/C21H25N7O3/c1-4-22-21(30)27-9-8-17-15(12-27)6-5-7-18(17)28-14(3)19(24-26-28)20(29)23-11-16-10-13(2)25-31-16/h5-7,10H,4,8-9,11-12H2,1-3H3,(H,22,30)(H,23,29). The first-order chi connectivity index (χ1) is 15.0. The van der Waals surface area contributed by atoms with Gasteiger partial charge in [0, 0.05) is 25.7 Å². The van der Waals surface area contributed by atoms with Gasteiger partial charge in [0.05, 0.1) is 23.6 Å². The number of amides is 3. The zero-order valence-electron chi connectivity index (χ0n) is 17.8. The van der Waals surface area contributed by atoms with Gasteiger partial charge in [-0.1, -0.05) is 22.5 Å². The van der Waals surface area contributed by atoms with Crippen molar-refractivity contribution in [3.8, 4) is 5.69 Å². The number of carbonyl (C=O) groups is 2. The maximum Gasteiger partial charge on any atom is 0.317 e. The molecule has 31 heavy (non-hydrogen) atoms. The van der Waals surface area contributed by atoms with Crippen LogP contribution in [0.25, 0.3) is 5.69 Å². The van der Waals surface area contributed by atoms with Crippen LogP contribution in [-0.2, 0) is 19.5 Å². The molecule has 1 aromatic carbocycles. The second-order valence-electron chi connectivity index (χ2n) is 7.47. The van der Waals surface area contributed by atoms with Crippen molar-refractivity contribution in [1.82, 2.24) is 35.7 Å². The number of aromatic nitrogens is 4. The SMILES string of the molecule is CCNC(=O)N1CCc2c(cccc2-n2nnc(C(=O)NCc3cc(C)no3)c2C)C1. The Bertz CT molecular complexity index is 1120. The number of hydrogen-bond acceptors (Lipinski definition) is 6. The molecule has 0 bridgehead atoms. The number of urea groups is 1. The highest BCUT2D eigenvalue weighted by Crippen LogP contribution is 2.26. The minimum Gasteiger partial charge on any atom is -0.359 e. The van der Waals surface area contributed by atoms with E-state index in [4.69, 9.17) is 4.52 Å². The number of benzene rings is 1. The molecule has 2 aromatic heterocycles. The van der Waals surface area contributed by atoms with Gasteiger partial charge in [-0.05, 0) is 44.4 Å². The fourth-order valence-electron chi connectivity index (χ4n) is 3.74. The van der Waals surface area contributed by atoms with Crippen LogP contribution in [0.1, 0.15) is 45.7 Å². The summed E-state index contributed by atoms with van der Waals surface area (Å²) in [5.74, 6) is 0.245. The van der Waals surface area contributed by atoms with Crippen LogP contribution in [-0.4, -0.2) is 50.1 Å². The Balaban J connectivity index is 1.53. The second-order valence-corrected chi connectivity index (χ2v) is 7.47. The zero-order chi connectivity index (χ0) is 22.0. The van der Waals surface area contributed by atoms with Crippen molar-refractivity contribution in [2.24, 2.45) is 0 Å². The summed E-state index contributed by atoms with van der Waals surface area (Å²) in [6.07, 6.45) is 0.703. The molecule has 1 aliphatic heterocycles. The molecule has 3 heterocycles. The van der Waals surface area contributed by atoms with E-state index in [1.165, 1.54) is 0 Å². The number of hydrogen-bond donors (Lipinski definition) is 2. The lowest BCUT2D eigenvalue weighted by atomic mass is 9.98. The van der Waals surface area contributed by atoms with Gasteiger partial charge in [0.2, 0.25) is 0 Å². The molecule has 10 nitrogen and oxygen atoms in total. The predicted molar refractivity (Wildman–Crippen MR) is 112 cm³/mol. The van der Waals surface area contributed by atoms with Crippen LogP contribution < -0.4 is 10.6 Å². The number of rotatable bonds is 5. The quantitative estimate of drug-likeness (QED) is 0.647. The minimum atomic E-state index is -0.329. The van der Waals surface area contributed by atoms with E-state index in [0.717, 1.165) is 22.5 Å². The average Bonchev–Trinajstić information content (AvgIpc) is 3.36. The highest BCUT2D eigenvalue weighted by Gasteiger charge is 2.25. The summed E-state index contributed by atoms with van der Waals surface area (Å²) in [6.45, 7) is 7.52. The number of nitrogens with one attached hydrogen (secondary N) is 2. The van der Waals surface area contributed by atoms with E-state index in [1.54, 1.807) is 15.6 Å². The average molecular weight is 423 g/mol. The molecule has 0 unspecified atom stereocenters. The fraction of sp³-hybridized carbons (Fsp3) is 0.381. The summed E-state index contributed by atoms with van der Waals surface area (Å²) >= 11 is 0. The van der Waals surface area contributed by atoms with Crippen molar-refractivity contribution in [1.29, 1.82) is 0 Å². The van der Waals surface area contributed by atoms with Gasteiger partial charge in [-0.15, -0.1) is 5.10 Å². The smallest absolute Gasteiger partial charge is 0.317 e. The van der Waals surface area contributed by atoms with Gasteiger partial charge in [-0.25, -0.2) is 9.48 Å². The summed E-state index contributed by atoms with van der Waals surface area (Å²) in [5.41, 5.74) is 4.71. The molecule has 162 valence electrons. The van der Waals surface area contributed by atoms with Crippen molar-refractivity contribution in [3.05, 3.63) is 58.2 Å². The van der Waals surface area contributed by atoms with Crippen LogP contribution in [0.15, 0.2) is 28.8 Å². The predicted octanol–water partition coefficient (Wildman–Crippen LogP) is 1.89. The number of aryl methyl sites for hydroxylation is 1. The highest BCUT2D eigenvalue weighted by atomic mass is 16.5. The Hall–Kier alpha value is -3.69. The Morgan fingerprint density at radius 3 is 2.81 bits per heavy atom. The molecule has 0 radical (unpaired) electrons. The first-order valence-electron chi connectivity index (χ1n) is 10.2. The lowest BCUT2D eigenvalue weighted by molar-refractivity contribution is 0.0941. The van der Waals surface area contributed by atoms with E-state index in [2.05, 4.69) is 26.1 Å². The monoisotopic (exact) mass is 423 g/mol. The lowest BCUT2D eigenvalue weighted by Gasteiger charge is -2.30. The van der Waals surface area contributed by atoms with Gasteiger partial charge in [0.15, 0.2) is 11.5 Å². The molecule has 10 heteroatoms. The highest BCUT2D eigenvalue weighted by molar-refractivity contribution is 5.93. The van der Waals surface area contributed by atoms with Gasteiger partial charge >= 0.3 is 6.03 Å². The largest absolute Gasteiger partial charge is 0.359 e. The molecule has 4 rings (SSSR count).